The number of aromatic hydroxyl groups is 1. The second-order valence-corrected chi connectivity index (χ2v) is 2.76. The molecular formula is C8H8FNO2. The first kappa shape index (κ1) is 7.36. The van der Waals surface area contributed by atoms with E-state index >= 15 is 0 Å². The van der Waals surface area contributed by atoms with Crippen molar-refractivity contribution in [3.05, 3.63) is 23.5 Å². The molecule has 0 bridgehead atoms. The third kappa shape index (κ3) is 0.921. The summed E-state index contributed by atoms with van der Waals surface area (Å²) in [4.78, 5) is 0. The minimum atomic E-state index is -0.557. The fourth-order valence-electron chi connectivity index (χ4n) is 1.29. The SMILES string of the molecule is N[C@@H]1COc2c(F)cc(O)cc21. The highest BCUT2D eigenvalue weighted by molar-refractivity contribution is 5.45. The van der Waals surface area contributed by atoms with Crippen LogP contribution in [-0.2, 0) is 0 Å². The second kappa shape index (κ2) is 2.35. The number of fused-ring (bicyclic) bond motifs is 1. The molecule has 0 fully saturated rings. The van der Waals surface area contributed by atoms with Gasteiger partial charge in [-0.2, -0.15) is 0 Å². The molecule has 0 spiro atoms. The Morgan fingerprint density at radius 1 is 1.58 bits per heavy atom. The Hall–Kier alpha value is -1.29. The third-order valence-electron chi connectivity index (χ3n) is 1.86. The molecule has 0 saturated heterocycles. The summed E-state index contributed by atoms with van der Waals surface area (Å²) in [7, 11) is 0. The topological polar surface area (TPSA) is 55.5 Å². The van der Waals surface area contributed by atoms with E-state index in [0.29, 0.717) is 5.56 Å². The molecule has 1 aromatic carbocycles. The van der Waals surface area contributed by atoms with Crippen LogP contribution in [0.4, 0.5) is 4.39 Å². The van der Waals surface area contributed by atoms with Crippen LogP contribution in [0.2, 0.25) is 0 Å². The van der Waals surface area contributed by atoms with Gasteiger partial charge in [0.1, 0.15) is 12.4 Å². The first-order valence-electron chi connectivity index (χ1n) is 3.59. The smallest absolute Gasteiger partial charge is 0.169 e. The molecule has 1 aliphatic heterocycles. The van der Waals surface area contributed by atoms with Crippen LogP contribution in [0.5, 0.6) is 11.5 Å². The molecule has 1 aliphatic rings. The van der Waals surface area contributed by atoms with E-state index in [1.165, 1.54) is 6.07 Å². The first-order chi connectivity index (χ1) is 5.68. The van der Waals surface area contributed by atoms with Crippen LogP contribution in [0.1, 0.15) is 11.6 Å². The number of benzene rings is 1. The number of ether oxygens (including phenoxy) is 1. The van der Waals surface area contributed by atoms with Gasteiger partial charge < -0.3 is 15.6 Å². The third-order valence-corrected chi connectivity index (χ3v) is 1.86. The Kier molecular flexibility index (Phi) is 1.44. The van der Waals surface area contributed by atoms with E-state index in [9.17, 15) is 4.39 Å². The van der Waals surface area contributed by atoms with Crippen LogP contribution in [0.25, 0.3) is 0 Å². The Bertz CT molecular complexity index is 327. The maximum absolute atomic E-state index is 13.0. The predicted octanol–water partition coefficient (Wildman–Crippen LogP) is 0.923. The molecule has 0 unspecified atom stereocenters. The second-order valence-electron chi connectivity index (χ2n) is 2.76. The molecule has 3 nitrogen and oxygen atoms in total. The van der Waals surface area contributed by atoms with Gasteiger partial charge in [-0.3, -0.25) is 0 Å². The summed E-state index contributed by atoms with van der Waals surface area (Å²) in [6, 6.07) is 2.11. The maximum Gasteiger partial charge on any atom is 0.169 e. The van der Waals surface area contributed by atoms with Crippen LogP contribution in [0.15, 0.2) is 12.1 Å². The molecule has 0 amide bonds. The number of halogens is 1. The molecule has 3 N–H and O–H groups in total. The van der Waals surface area contributed by atoms with E-state index in [-0.39, 0.29) is 24.1 Å². The van der Waals surface area contributed by atoms with Crippen molar-refractivity contribution >= 4 is 0 Å². The molecule has 12 heavy (non-hydrogen) atoms. The average molecular weight is 169 g/mol. The van der Waals surface area contributed by atoms with Crippen LogP contribution in [0.3, 0.4) is 0 Å². The fraction of sp³-hybridized carbons (Fsp3) is 0.250. The van der Waals surface area contributed by atoms with Crippen molar-refractivity contribution in [2.75, 3.05) is 6.61 Å². The number of rotatable bonds is 0. The molecular weight excluding hydrogens is 161 g/mol. The van der Waals surface area contributed by atoms with Crippen LogP contribution in [0, 0.1) is 5.82 Å². The normalized spacial score (nSPS) is 20.3. The highest BCUT2D eigenvalue weighted by Gasteiger charge is 2.24. The summed E-state index contributed by atoms with van der Waals surface area (Å²) in [6.07, 6.45) is 0. The van der Waals surface area contributed by atoms with Crippen LogP contribution in [-0.4, -0.2) is 11.7 Å². The molecule has 0 aromatic heterocycles. The van der Waals surface area contributed by atoms with Gasteiger partial charge in [-0.1, -0.05) is 0 Å². The van der Waals surface area contributed by atoms with Gasteiger partial charge in [0.15, 0.2) is 11.6 Å². The maximum atomic E-state index is 13.0. The van der Waals surface area contributed by atoms with Crippen molar-refractivity contribution in [1.82, 2.24) is 0 Å². The summed E-state index contributed by atoms with van der Waals surface area (Å²) < 4.78 is 18.0. The van der Waals surface area contributed by atoms with Crippen LogP contribution >= 0.6 is 0 Å². The number of hydrogen-bond acceptors (Lipinski definition) is 3. The van der Waals surface area contributed by atoms with Gasteiger partial charge in [0.05, 0.1) is 6.04 Å². The van der Waals surface area contributed by atoms with E-state index in [2.05, 4.69) is 0 Å². The summed E-state index contributed by atoms with van der Waals surface area (Å²) in [6.45, 7) is 0.274. The molecule has 0 aliphatic carbocycles. The molecule has 2 rings (SSSR count). The number of phenols is 1. The van der Waals surface area contributed by atoms with Crippen molar-refractivity contribution < 1.29 is 14.2 Å². The number of nitrogens with two attached hydrogens (primary N) is 1. The highest BCUT2D eigenvalue weighted by atomic mass is 19.1. The first-order valence-corrected chi connectivity index (χ1v) is 3.59. The van der Waals surface area contributed by atoms with E-state index < -0.39 is 5.82 Å². The lowest BCUT2D eigenvalue weighted by molar-refractivity contribution is 0.319. The summed E-state index contributed by atoms with van der Waals surface area (Å²) in [5.74, 6) is -0.509. The Labute approximate surface area is 68.6 Å². The van der Waals surface area contributed by atoms with Gasteiger partial charge in [-0.15, -0.1) is 0 Å². The fourth-order valence-corrected chi connectivity index (χ4v) is 1.29. The summed E-state index contributed by atoms with van der Waals surface area (Å²) >= 11 is 0. The van der Waals surface area contributed by atoms with Crippen molar-refractivity contribution in [1.29, 1.82) is 0 Å². The Morgan fingerprint density at radius 2 is 2.33 bits per heavy atom. The van der Waals surface area contributed by atoms with E-state index in [1.54, 1.807) is 0 Å². The molecule has 64 valence electrons. The lowest BCUT2D eigenvalue weighted by atomic mass is 10.1. The number of hydrogen-bond donors (Lipinski definition) is 2. The Morgan fingerprint density at radius 3 is 3.08 bits per heavy atom. The lowest BCUT2D eigenvalue weighted by Gasteiger charge is -2.01. The van der Waals surface area contributed by atoms with Gasteiger partial charge in [-0.05, 0) is 6.07 Å². The van der Waals surface area contributed by atoms with E-state index in [1.807, 2.05) is 0 Å². The van der Waals surface area contributed by atoms with Crippen molar-refractivity contribution in [3.8, 4) is 11.5 Å². The van der Waals surface area contributed by atoms with Gasteiger partial charge in [-0.25, -0.2) is 4.39 Å². The van der Waals surface area contributed by atoms with Crippen molar-refractivity contribution in [2.24, 2.45) is 5.73 Å². The Balaban J connectivity index is 2.60. The minimum Gasteiger partial charge on any atom is -0.508 e. The standard InChI is InChI=1S/C8H8FNO2/c9-6-2-4(11)1-5-7(10)3-12-8(5)6/h1-2,7,11H,3,10H2/t7-/m1/s1. The van der Waals surface area contributed by atoms with E-state index in [4.69, 9.17) is 15.6 Å². The average Bonchev–Trinajstić information content (AvgIpc) is 2.33. The van der Waals surface area contributed by atoms with Gasteiger partial charge in [0.25, 0.3) is 0 Å². The largest absolute Gasteiger partial charge is 0.508 e. The quantitative estimate of drug-likeness (QED) is 0.607. The molecule has 0 saturated carbocycles. The molecule has 0 radical (unpaired) electrons. The van der Waals surface area contributed by atoms with E-state index in [0.717, 1.165) is 6.07 Å². The predicted molar refractivity (Wildman–Crippen MR) is 40.5 cm³/mol. The summed E-state index contributed by atoms with van der Waals surface area (Å²) in [5, 5.41) is 9.04. The molecule has 1 heterocycles. The van der Waals surface area contributed by atoms with Gasteiger partial charge in [0, 0.05) is 11.6 Å². The molecule has 1 atom stereocenters. The van der Waals surface area contributed by atoms with Gasteiger partial charge >= 0.3 is 0 Å². The molecule has 1 aromatic rings. The zero-order valence-electron chi connectivity index (χ0n) is 6.25. The van der Waals surface area contributed by atoms with Crippen molar-refractivity contribution in [3.63, 3.8) is 0 Å². The lowest BCUT2D eigenvalue weighted by Crippen LogP contribution is -2.10. The summed E-state index contributed by atoms with van der Waals surface area (Å²) in [5.41, 5.74) is 6.12. The minimum absolute atomic E-state index is 0.118. The molecule has 4 heteroatoms. The number of phenolic OH excluding ortho intramolecular Hbond substituents is 1. The highest BCUT2D eigenvalue weighted by Crippen LogP contribution is 2.35. The zero-order chi connectivity index (χ0) is 8.72. The zero-order valence-corrected chi connectivity index (χ0v) is 6.25. The monoisotopic (exact) mass is 169 g/mol. The van der Waals surface area contributed by atoms with Crippen LogP contribution < -0.4 is 10.5 Å². The van der Waals surface area contributed by atoms with Gasteiger partial charge in [0.2, 0.25) is 0 Å². The van der Waals surface area contributed by atoms with Crippen molar-refractivity contribution in [2.45, 2.75) is 6.04 Å².